The molecule has 0 spiro atoms. The van der Waals surface area contributed by atoms with E-state index >= 15 is 0 Å². The van der Waals surface area contributed by atoms with Crippen LogP contribution in [-0.4, -0.2) is 13.2 Å². The minimum atomic E-state index is 0.611. The highest BCUT2D eigenvalue weighted by molar-refractivity contribution is 5.47. The van der Waals surface area contributed by atoms with E-state index in [9.17, 15) is 0 Å². The predicted molar refractivity (Wildman–Crippen MR) is 85.5 cm³/mol. The van der Waals surface area contributed by atoms with E-state index in [1.165, 1.54) is 0 Å². The standard InChI is InChI=1S/C18H17N3O/c19-13-15-6-8-17(9-7-15)21-10-1-2-11-22-18-5-3-4-16(12-18)14-20/h3-9,12,21H,1-2,10-11H2. The van der Waals surface area contributed by atoms with Crippen molar-refractivity contribution in [2.75, 3.05) is 18.5 Å². The van der Waals surface area contributed by atoms with Crippen molar-refractivity contribution < 1.29 is 4.74 Å². The van der Waals surface area contributed by atoms with Crippen LogP contribution >= 0.6 is 0 Å². The normalized spacial score (nSPS) is 9.55. The fourth-order valence-electron chi connectivity index (χ4n) is 1.97. The number of nitrogens with zero attached hydrogens (tertiary/aromatic N) is 2. The molecule has 4 nitrogen and oxygen atoms in total. The molecule has 0 radical (unpaired) electrons. The van der Waals surface area contributed by atoms with Gasteiger partial charge in [-0.15, -0.1) is 0 Å². The summed E-state index contributed by atoms with van der Waals surface area (Å²) in [6, 6.07) is 18.8. The number of benzene rings is 2. The van der Waals surface area contributed by atoms with Crippen LogP contribution in [0.4, 0.5) is 5.69 Å². The van der Waals surface area contributed by atoms with E-state index in [2.05, 4.69) is 17.5 Å². The first kappa shape index (κ1) is 15.4. The third-order valence-electron chi connectivity index (χ3n) is 3.15. The van der Waals surface area contributed by atoms with Crippen molar-refractivity contribution >= 4 is 5.69 Å². The second kappa shape index (κ2) is 8.34. The van der Waals surface area contributed by atoms with E-state index < -0.39 is 0 Å². The third kappa shape index (κ3) is 4.85. The summed E-state index contributed by atoms with van der Waals surface area (Å²) in [7, 11) is 0. The van der Waals surface area contributed by atoms with Gasteiger partial charge in [-0.25, -0.2) is 0 Å². The fraction of sp³-hybridized carbons (Fsp3) is 0.222. The van der Waals surface area contributed by atoms with Gasteiger partial charge in [0.2, 0.25) is 0 Å². The largest absolute Gasteiger partial charge is 0.494 e. The van der Waals surface area contributed by atoms with Crippen LogP contribution < -0.4 is 10.1 Å². The molecule has 0 bridgehead atoms. The van der Waals surface area contributed by atoms with Crippen LogP contribution in [0.3, 0.4) is 0 Å². The highest BCUT2D eigenvalue weighted by Crippen LogP contribution is 2.13. The molecule has 1 N–H and O–H groups in total. The second-order valence-corrected chi connectivity index (χ2v) is 4.81. The number of hydrogen-bond donors (Lipinski definition) is 1. The molecule has 0 fully saturated rings. The first-order valence-corrected chi connectivity index (χ1v) is 7.19. The predicted octanol–water partition coefficient (Wildman–Crippen LogP) is 3.70. The van der Waals surface area contributed by atoms with Gasteiger partial charge in [0.25, 0.3) is 0 Å². The average Bonchev–Trinajstić information content (AvgIpc) is 2.58. The summed E-state index contributed by atoms with van der Waals surface area (Å²) in [5, 5.41) is 20.8. The Kier molecular flexibility index (Phi) is 5.84. The Morgan fingerprint density at radius 1 is 0.909 bits per heavy atom. The molecule has 0 aliphatic carbocycles. The van der Waals surface area contributed by atoms with Crippen LogP contribution in [0.2, 0.25) is 0 Å². The van der Waals surface area contributed by atoms with Gasteiger partial charge in [-0.3, -0.25) is 0 Å². The van der Waals surface area contributed by atoms with Crippen LogP contribution in [0.1, 0.15) is 24.0 Å². The zero-order chi connectivity index (χ0) is 15.6. The molecule has 0 aromatic heterocycles. The average molecular weight is 291 g/mol. The van der Waals surface area contributed by atoms with Crippen LogP contribution in [0, 0.1) is 22.7 Å². The number of unbranched alkanes of at least 4 members (excludes halogenated alkanes) is 1. The summed E-state index contributed by atoms with van der Waals surface area (Å²) in [5.74, 6) is 0.735. The Balaban J connectivity index is 1.63. The lowest BCUT2D eigenvalue weighted by Gasteiger charge is -2.08. The number of nitrogens with one attached hydrogen (secondary N) is 1. The number of rotatable bonds is 7. The molecule has 4 heteroatoms. The number of nitriles is 2. The molecule has 0 saturated heterocycles. The molecule has 0 heterocycles. The molecule has 0 atom stereocenters. The molecule has 0 saturated carbocycles. The van der Waals surface area contributed by atoms with Crippen molar-refractivity contribution in [1.29, 1.82) is 10.5 Å². The SMILES string of the molecule is N#Cc1ccc(NCCCCOc2cccc(C#N)c2)cc1. The van der Waals surface area contributed by atoms with Crippen molar-refractivity contribution in [3.8, 4) is 17.9 Å². The van der Waals surface area contributed by atoms with Crippen molar-refractivity contribution in [1.82, 2.24) is 0 Å². The topological polar surface area (TPSA) is 68.8 Å². The third-order valence-corrected chi connectivity index (χ3v) is 3.15. The van der Waals surface area contributed by atoms with Gasteiger partial charge in [-0.2, -0.15) is 10.5 Å². The van der Waals surface area contributed by atoms with Crippen molar-refractivity contribution in [3.05, 3.63) is 59.7 Å². The van der Waals surface area contributed by atoms with Gasteiger partial charge >= 0.3 is 0 Å². The van der Waals surface area contributed by atoms with Gasteiger partial charge in [0.1, 0.15) is 5.75 Å². The van der Waals surface area contributed by atoms with Crippen molar-refractivity contribution in [3.63, 3.8) is 0 Å². The van der Waals surface area contributed by atoms with Crippen LogP contribution in [0.15, 0.2) is 48.5 Å². The summed E-state index contributed by atoms with van der Waals surface area (Å²) in [4.78, 5) is 0. The Hall–Kier alpha value is -2.98. The maximum atomic E-state index is 8.81. The molecule has 22 heavy (non-hydrogen) atoms. The molecule has 0 amide bonds. The lowest BCUT2D eigenvalue weighted by Crippen LogP contribution is -2.04. The quantitative estimate of drug-likeness (QED) is 0.790. The maximum Gasteiger partial charge on any atom is 0.120 e. The molecule has 2 rings (SSSR count). The summed E-state index contributed by atoms with van der Waals surface area (Å²) < 4.78 is 5.62. The molecule has 110 valence electrons. The van der Waals surface area contributed by atoms with Gasteiger partial charge in [0.05, 0.1) is 29.9 Å². The Morgan fingerprint density at radius 2 is 1.68 bits per heavy atom. The van der Waals surface area contributed by atoms with E-state index in [0.717, 1.165) is 30.8 Å². The minimum Gasteiger partial charge on any atom is -0.494 e. The zero-order valence-corrected chi connectivity index (χ0v) is 12.2. The van der Waals surface area contributed by atoms with Crippen molar-refractivity contribution in [2.24, 2.45) is 0 Å². The summed E-state index contributed by atoms with van der Waals surface area (Å²) in [6.07, 6.45) is 1.91. The second-order valence-electron chi connectivity index (χ2n) is 4.81. The van der Waals surface area contributed by atoms with Gasteiger partial charge in [-0.05, 0) is 55.3 Å². The molecule has 0 aliphatic rings. The molecule has 2 aromatic carbocycles. The van der Waals surface area contributed by atoms with Crippen LogP contribution in [0.25, 0.3) is 0 Å². The van der Waals surface area contributed by atoms with E-state index in [0.29, 0.717) is 17.7 Å². The summed E-state index contributed by atoms with van der Waals surface area (Å²) in [6.45, 7) is 1.48. The van der Waals surface area contributed by atoms with Gasteiger partial charge in [0, 0.05) is 12.2 Å². The van der Waals surface area contributed by atoms with Gasteiger partial charge in [0.15, 0.2) is 0 Å². The molecular weight excluding hydrogens is 274 g/mol. The number of ether oxygens (including phenoxy) is 1. The Morgan fingerprint density at radius 3 is 2.41 bits per heavy atom. The van der Waals surface area contributed by atoms with Crippen LogP contribution in [-0.2, 0) is 0 Å². The van der Waals surface area contributed by atoms with E-state index in [1.54, 1.807) is 24.3 Å². The first-order chi connectivity index (χ1) is 10.8. The Bertz CT molecular complexity index is 681. The van der Waals surface area contributed by atoms with E-state index in [-0.39, 0.29) is 0 Å². The maximum absolute atomic E-state index is 8.81. The van der Waals surface area contributed by atoms with E-state index in [4.69, 9.17) is 15.3 Å². The number of anilines is 1. The molecular formula is C18H17N3O. The zero-order valence-electron chi connectivity index (χ0n) is 12.2. The lowest BCUT2D eigenvalue weighted by molar-refractivity contribution is 0.308. The highest BCUT2D eigenvalue weighted by Gasteiger charge is 1.97. The van der Waals surface area contributed by atoms with Crippen molar-refractivity contribution in [2.45, 2.75) is 12.8 Å². The smallest absolute Gasteiger partial charge is 0.120 e. The first-order valence-electron chi connectivity index (χ1n) is 7.19. The number of hydrogen-bond acceptors (Lipinski definition) is 4. The minimum absolute atomic E-state index is 0.611. The fourth-order valence-corrected chi connectivity index (χ4v) is 1.97. The van der Waals surface area contributed by atoms with E-state index in [1.807, 2.05) is 24.3 Å². The molecule has 0 unspecified atom stereocenters. The van der Waals surface area contributed by atoms with Crippen LogP contribution in [0.5, 0.6) is 5.75 Å². The molecule has 0 aliphatic heterocycles. The molecule has 2 aromatic rings. The van der Waals surface area contributed by atoms with Gasteiger partial charge in [-0.1, -0.05) is 6.07 Å². The monoisotopic (exact) mass is 291 g/mol. The summed E-state index contributed by atoms with van der Waals surface area (Å²) in [5.41, 5.74) is 2.29. The lowest BCUT2D eigenvalue weighted by atomic mass is 10.2. The van der Waals surface area contributed by atoms with Gasteiger partial charge < -0.3 is 10.1 Å². The Labute approximate surface area is 130 Å². The highest BCUT2D eigenvalue weighted by atomic mass is 16.5. The summed E-state index contributed by atoms with van der Waals surface area (Å²) >= 11 is 0.